The number of hydrogen-bond acceptors (Lipinski definition) is 2. The van der Waals surface area contributed by atoms with Gasteiger partial charge in [0.1, 0.15) is 0 Å². The minimum absolute atomic E-state index is 0.00416. The molecule has 0 radical (unpaired) electrons. The molecule has 218 valence electrons. The molecule has 0 spiro atoms. The summed E-state index contributed by atoms with van der Waals surface area (Å²) in [6.07, 6.45) is 20.7. The maximum absolute atomic E-state index is 11.1. The summed E-state index contributed by atoms with van der Waals surface area (Å²) in [6, 6.07) is 21.8. The summed E-state index contributed by atoms with van der Waals surface area (Å²) in [5, 5.41) is 13.8. The standard InChI is InChI=1S/C36H58O2Si/c1-5-6-7-8-9-10-11-12-13-14-15-16-23-29-36(37)31-32(36)28-30-38-39(35(2,3)4,33-24-19-17-20-25-33)34-26-21-18-22-27-34/h17-22,24-27,32,37H,5-16,23,28-31H2,1-4H3/t32-,36-/m0/s1. The van der Waals surface area contributed by atoms with Gasteiger partial charge in [-0.25, -0.2) is 0 Å². The minimum atomic E-state index is -2.48. The van der Waals surface area contributed by atoms with Crippen LogP contribution in [-0.2, 0) is 4.43 Å². The summed E-state index contributed by atoms with van der Waals surface area (Å²) < 4.78 is 7.06. The second-order valence-electron chi connectivity index (χ2n) is 13.3. The summed E-state index contributed by atoms with van der Waals surface area (Å²) >= 11 is 0. The Hall–Kier alpha value is -1.42. The van der Waals surface area contributed by atoms with Crippen LogP contribution in [0.3, 0.4) is 0 Å². The van der Waals surface area contributed by atoms with Gasteiger partial charge in [-0.2, -0.15) is 0 Å². The minimum Gasteiger partial charge on any atom is -0.407 e. The molecule has 0 unspecified atom stereocenters. The van der Waals surface area contributed by atoms with E-state index in [4.69, 9.17) is 4.43 Å². The number of unbranched alkanes of at least 4 members (excludes halogenated alkanes) is 12. The maximum atomic E-state index is 11.1. The van der Waals surface area contributed by atoms with Gasteiger partial charge >= 0.3 is 0 Å². The maximum Gasteiger partial charge on any atom is 0.261 e. The lowest BCUT2D eigenvalue weighted by molar-refractivity contribution is 0.111. The molecule has 1 fully saturated rings. The number of aliphatic hydroxyl groups is 1. The summed E-state index contributed by atoms with van der Waals surface area (Å²) in [6.45, 7) is 10.0. The molecule has 2 aromatic rings. The normalized spacial score (nSPS) is 19.4. The van der Waals surface area contributed by atoms with Crippen molar-refractivity contribution in [2.75, 3.05) is 6.61 Å². The Bertz CT molecular complexity index is 867. The molecule has 3 heteroatoms. The molecule has 0 bridgehead atoms. The van der Waals surface area contributed by atoms with Crippen LogP contribution >= 0.6 is 0 Å². The fraction of sp³-hybridized carbons (Fsp3) is 0.667. The van der Waals surface area contributed by atoms with E-state index >= 15 is 0 Å². The average Bonchev–Trinajstić information content (AvgIpc) is 3.58. The third-order valence-corrected chi connectivity index (χ3v) is 14.2. The predicted octanol–water partition coefficient (Wildman–Crippen LogP) is 9.19. The van der Waals surface area contributed by atoms with Crippen LogP contribution in [0.25, 0.3) is 0 Å². The summed E-state index contributed by atoms with van der Waals surface area (Å²) in [4.78, 5) is 0. The van der Waals surface area contributed by atoms with Crippen LogP contribution in [0.4, 0.5) is 0 Å². The van der Waals surface area contributed by atoms with Gasteiger partial charge in [-0.05, 0) is 40.6 Å². The van der Waals surface area contributed by atoms with Gasteiger partial charge in [-0.1, -0.05) is 172 Å². The highest BCUT2D eigenvalue weighted by atomic mass is 28.4. The highest BCUT2D eigenvalue weighted by Crippen LogP contribution is 2.49. The van der Waals surface area contributed by atoms with Crippen molar-refractivity contribution in [2.24, 2.45) is 5.92 Å². The van der Waals surface area contributed by atoms with Crippen molar-refractivity contribution >= 4 is 18.7 Å². The van der Waals surface area contributed by atoms with E-state index in [0.717, 1.165) is 25.9 Å². The fourth-order valence-corrected chi connectivity index (χ4v) is 11.2. The summed E-state index contributed by atoms with van der Waals surface area (Å²) in [5.74, 6) is 0.396. The SMILES string of the molecule is CCCCCCCCCCCCCCC[C@]1(O)C[C@@H]1CCO[Si](c1ccccc1)(c1ccccc1)C(C)(C)C. The lowest BCUT2D eigenvalue weighted by Crippen LogP contribution is -2.66. The topological polar surface area (TPSA) is 29.5 Å². The molecule has 2 nitrogen and oxygen atoms in total. The van der Waals surface area contributed by atoms with E-state index in [-0.39, 0.29) is 5.04 Å². The lowest BCUT2D eigenvalue weighted by atomic mass is 10.0. The van der Waals surface area contributed by atoms with Crippen LogP contribution in [0.1, 0.15) is 130 Å². The zero-order valence-electron chi connectivity index (χ0n) is 25.7. The van der Waals surface area contributed by atoms with E-state index in [0.29, 0.717) is 5.92 Å². The first-order chi connectivity index (χ1) is 18.8. The molecule has 2 aromatic carbocycles. The van der Waals surface area contributed by atoms with Gasteiger partial charge in [-0.15, -0.1) is 0 Å². The van der Waals surface area contributed by atoms with E-state index in [1.54, 1.807) is 0 Å². The third-order valence-electron chi connectivity index (χ3n) is 9.11. The van der Waals surface area contributed by atoms with Crippen molar-refractivity contribution in [1.82, 2.24) is 0 Å². The quantitative estimate of drug-likeness (QED) is 0.131. The molecular formula is C36H58O2Si. The molecule has 0 saturated heterocycles. The Morgan fingerprint density at radius 2 is 1.15 bits per heavy atom. The third kappa shape index (κ3) is 9.58. The van der Waals surface area contributed by atoms with Gasteiger partial charge < -0.3 is 9.53 Å². The predicted molar refractivity (Wildman–Crippen MR) is 172 cm³/mol. The molecule has 2 atom stereocenters. The Kier molecular flexibility index (Phi) is 13.3. The van der Waals surface area contributed by atoms with E-state index < -0.39 is 13.9 Å². The van der Waals surface area contributed by atoms with Crippen LogP contribution in [0.2, 0.25) is 5.04 Å². The lowest BCUT2D eigenvalue weighted by Gasteiger charge is -2.43. The fourth-order valence-electron chi connectivity index (χ4n) is 6.61. The molecule has 3 rings (SSSR count). The largest absolute Gasteiger partial charge is 0.407 e. The molecule has 1 aliphatic rings. The first-order valence-corrected chi connectivity index (χ1v) is 18.2. The van der Waals surface area contributed by atoms with Crippen LogP contribution in [0.15, 0.2) is 60.7 Å². The van der Waals surface area contributed by atoms with Crippen LogP contribution in [0.5, 0.6) is 0 Å². The first-order valence-electron chi connectivity index (χ1n) is 16.3. The second-order valence-corrected chi connectivity index (χ2v) is 17.6. The Morgan fingerprint density at radius 1 is 0.718 bits per heavy atom. The van der Waals surface area contributed by atoms with Crippen LogP contribution in [0, 0.1) is 5.92 Å². The molecular weight excluding hydrogens is 492 g/mol. The zero-order valence-corrected chi connectivity index (χ0v) is 26.7. The Morgan fingerprint density at radius 3 is 1.59 bits per heavy atom. The number of rotatable bonds is 20. The number of benzene rings is 2. The van der Waals surface area contributed by atoms with Crippen molar-refractivity contribution in [1.29, 1.82) is 0 Å². The van der Waals surface area contributed by atoms with Crippen molar-refractivity contribution in [3.8, 4) is 0 Å². The van der Waals surface area contributed by atoms with Crippen molar-refractivity contribution in [3.05, 3.63) is 60.7 Å². The Labute approximate surface area is 242 Å². The van der Waals surface area contributed by atoms with Crippen molar-refractivity contribution in [3.63, 3.8) is 0 Å². The summed E-state index contributed by atoms with van der Waals surface area (Å²) in [7, 11) is -2.48. The van der Waals surface area contributed by atoms with Gasteiger partial charge in [0.15, 0.2) is 0 Å². The highest BCUT2D eigenvalue weighted by Gasteiger charge is 2.53. The molecule has 0 heterocycles. The smallest absolute Gasteiger partial charge is 0.261 e. The highest BCUT2D eigenvalue weighted by molar-refractivity contribution is 6.99. The molecule has 1 N–H and O–H groups in total. The van der Waals surface area contributed by atoms with Crippen molar-refractivity contribution < 1.29 is 9.53 Å². The van der Waals surface area contributed by atoms with Gasteiger partial charge in [0, 0.05) is 6.61 Å². The molecule has 0 aromatic heterocycles. The van der Waals surface area contributed by atoms with Crippen LogP contribution in [-0.4, -0.2) is 25.6 Å². The first kappa shape index (κ1) is 32.1. The van der Waals surface area contributed by atoms with E-state index in [1.165, 1.54) is 93.8 Å². The molecule has 0 aliphatic heterocycles. The monoisotopic (exact) mass is 550 g/mol. The van der Waals surface area contributed by atoms with Gasteiger partial charge in [0.05, 0.1) is 5.60 Å². The van der Waals surface area contributed by atoms with E-state index in [9.17, 15) is 5.11 Å². The molecule has 1 saturated carbocycles. The number of hydrogen-bond donors (Lipinski definition) is 1. The van der Waals surface area contributed by atoms with Crippen LogP contribution < -0.4 is 10.4 Å². The second kappa shape index (κ2) is 16.1. The molecule has 1 aliphatic carbocycles. The molecule has 0 amide bonds. The van der Waals surface area contributed by atoms with Gasteiger partial charge in [-0.3, -0.25) is 0 Å². The molecule has 39 heavy (non-hydrogen) atoms. The summed E-state index contributed by atoms with van der Waals surface area (Å²) in [5.41, 5.74) is -0.438. The Balaban J connectivity index is 1.37. The van der Waals surface area contributed by atoms with Crippen molar-refractivity contribution in [2.45, 2.75) is 141 Å². The van der Waals surface area contributed by atoms with E-state index in [2.05, 4.69) is 88.4 Å². The van der Waals surface area contributed by atoms with Gasteiger partial charge in [0.25, 0.3) is 8.32 Å². The average molecular weight is 551 g/mol. The van der Waals surface area contributed by atoms with E-state index in [1.807, 2.05) is 0 Å². The van der Waals surface area contributed by atoms with Gasteiger partial charge in [0.2, 0.25) is 0 Å². The zero-order chi connectivity index (χ0) is 28.0.